The summed E-state index contributed by atoms with van der Waals surface area (Å²) in [5.41, 5.74) is 1.99. The molecule has 0 aliphatic heterocycles. The summed E-state index contributed by atoms with van der Waals surface area (Å²) in [7, 11) is 5.01. The van der Waals surface area contributed by atoms with Crippen LogP contribution in [0.3, 0.4) is 0 Å². The second-order valence-corrected chi connectivity index (χ2v) is 5.32. The fourth-order valence-corrected chi connectivity index (χ4v) is 2.21. The smallest absolute Gasteiger partial charge is 0.246 e. The van der Waals surface area contributed by atoms with Crippen LogP contribution in [-0.2, 0) is 11.2 Å². The highest BCUT2D eigenvalue weighted by atomic mass is 16.5. The van der Waals surface area contributed by atoms with Crippen LogP contribution in [0.4, 0.5) is 0 Å². The average molecular weight is 326 g/mol. The third-order valence-corrected chi connectivity index (χ3v) is 3.66. The number of rotatable bonds is 7. The normalized spacial score (nSPS) is 10.6. The number of amides is 1. The summed E-state index contributed by atoms with van der Waals surface area (Å²) in [6, 6.07) is 9.53. The fraction of sp³-hybridized carbons (Fsp3) is 0.263. The first kappa shape index (κ1) is 17.5. The number of methoxy groups -OCH3 is 2. The molecule has 0 bridgehead atoms. The number of likely N-dealkylation sites (N-methyl/N-ethyl adjacent to an activating group) is 1. The van der Waals surface area contributed by atoms with E-state index in [4.69, 9.17) is 9.47 Å². The minimum atomic E-state index is -0.0423. The quantitative estimate of drug-likeness (QED) is 0.734. The average Bonchev–Trinajstić information content (AvgIpc) is 2.64. The third-order valence-electron chi connectivity index (χ3n) is 3.66. The van der Waals surface area contributed by atoms with Crippen molar-refractivity contribution >= 4 is 12.0 Å². The Morgan fingerprint density at radius 2 is 2.00 bits per heavy atom. The van der Waals surface area contributed by atoms with Crippen LogP contribution in [0, 0.1) is 0 Å². The minimum Gasteiger partial charge on any atom is -0.493 e. The highest BCUT2D eigenvalue weighted by Gasteiger charge is 2.08. The number of hydrogen-bond acceptors (Lipinski definition) is 4. The molecule has 1 amide bonds. The molecule has 2 rings (SSSR count). The van der Waals surface area contributed by atoms with Crippen molar-refractivity contribution < 1.29 is 14.3 Å². The van der Waals surface area contributed by atoms with Gasteiger partial charge in [0.15, 0.2) is 11.5 Å². The molecule has 0 aliphatic rings. The first-order valence-corrected chi connectivity index (χ1v) is 7.68. The molecule has 0 saturated heterocycles. The van der Waals surface area contributed by atoms with E-state index in [-0.39, 0.29) is 5.91 Å². The molecule has 126 valence electrons. The summed E-state index contributed by atoms with van der Waals surface area (Å²) < 4.78 is 10.5. The molecular formula is C19H22N2O3. The summed E-state index contributed by atoms with van der Waals surface area (Å²) in [5.74, 6) is 1.35. The van der Waals surface area contributed by atoms with Gasteiger partial charge in [-0.3, -0.25) is 9.78 Å². The molecule has 0 radical (unpaired) electrons. The van der Waals surface area contributed by atoms with Crippen LogP contribution in [0.2, 0.25) is 0 Å². The van der Waals surface area contributed by atoms with E-state index in [1.165, 1.54) is 0 Å². The molecule has 0 saturated carbocycles. The number of aromatic nitrogens is 1. The predicted octanol–water partition coefficient (Wildman–Crippen LogP) is 2.81. The lowest BCUT2D eigenvalue weighted by Gasteiger charge is -2.16. The topological polar surface area (TPSA) is 51.7 Å². The van der Waals surface area contributed by atoms with Crippen molar-refractivity contribution in [2.24, 2.45) is 0 Å². The summed E-state index contributed by atoms with van der Waals surface area (Å²) in [5, 5.41) is 0. The Morgan fingerprint density at radius 3 is 2.67 bits per heavy atom. The molecule has 1 heterocycles. The number of nitrogens with zero attached hydrogens (tertiary/aromatic N) is 2. The zero-order valence-corrected chi connectivity index (χ0v) is 14.2. The van der Waals surface area contributed by atoms with E-state index < -0.39 is 0 Å². The van der Waals surface area contributed by atoms with Crippen molar-refractivity contribution in [2.45, 2.75) is 6.42 Å². The SMILES string of the molecule is COc1ccc(CCN(C)C(=O)C=Cc2cccnc2)cc1OC. The number of hydrogen-bond donors (Lipinski definition) is 0. The molecular weight excluding hydrogens is 304 g/mol. The molecule has 0 spiro atoms. The largest absolute Gasteiger partial charge is 0.493 e. The highest BCUT2D eigenvalue weighted by molar-refractivity contribution is 5.91. The van der Waals surface area contributed by atoms with E-state index in [1.807, 2.05) is 30.3 Å². The Kier molecular flexibility index (Phi) is 6.37. The maximum Gasteiger partial charge on any atom is 0.246 e. The maximum absolute atomic E-state index is 12.1. The van der Waals surface area contributed by atoms with Crippen molar-refractivity contribution in [3.05, 3.63) is 59.9 Å². The van der Waals surface area contributed by atoms with E-state index in [0.29, 0.717) is 18.0 Å². The van der Waals surface area contributed by atoms with Crippen LogP contribution in [0.15, 0.2) is 48.8 Å². The molecule has 0 aliphatic carbocycles. The van der Waals surface area contributed by atoms with Crippen LogP contribution in [0.1, 0.15) is 11.1 Å². The molecule has 0 N–H and O–H groups in total. The van der Waals surface area contributed by atoms with E-state index in [9.17, 15) is 4.79 Å². The number of carbonyl (C=O) groups is 1. The summed E-state index contributed by atoms with van der Waals surface area (Å²) in [6.07, 6.45) is 7.49. The van der Waals surface area contributed by atoms with Gasteiger partial charge in [0.1, 0.15) is 0 Å². The van der Waals surface area contributed by atoms with Crippen LogP contribution in [0.25, 0.3) is 6.08 Å². The molecule has 2 aromatic rings. The van der Waals surface area contributed by atoms with Gasteiger partial charge in [-0.05, 0) is 41.8 Å². The zero-order valence-electron chi connectivity index (χ0n) is 14.2. The summed E-state index contributed by atoms with van der Waals surface area (Å²) >= 11 is 0. The van der Waals surface area contributed by atoms with E-state index in [2.05, 4.69) is 4.98 Å². The second-order valence-electron chi connectivity index (χ2n) is 5.32. The van der Waals surface area contributed by atoms with Crippen molar-refractivity contribution in [3.8, 4) is 11.5 Å². The van der Waals surface area contributed by atoms with Crippen LogP contribution in [-0.4, -0.2) is 43.6 Å². The first-order valence-electron chi connectivity index (χ1n) is 7.68. The van der Waals surface area contributed by atoms with Gasteiger partial charge in [-0.15, -0.1) is 0 Å². The van der Waals surface area contributed by atoms with Gasteiger partial charge in [0.25, 0.3) is 0 Å². The summed E-state index contributed by atoms with van der Waals surface area (Å²) in [4.78, 5) is 17.8. The van der Waals surface area contributed by atoms with Gasteiger partial charge < -0.3 is 14.4 Å². The van der Waals surface area contributed by atoms with Gasteiger partial charge in [0, 0.05) is 32.1 Å². The van der Waals surface area contributed by atoms with E-state index >= 15 is 0 Å². The summed E-state index contributed by atoms with van der Waals surface area (Å²) in [6.45, 7) is 0.617. The standard InChI is InChI=1S/C19H22N2O3/c1-21(19(22)9-7-16-5-4-11-20-14-16)12-10-15-6-8-17(23-2)18(13-15)24-3/h4-9,11,13-14H,10,12H2,1-3H3. The Labute approximate surface area is 142 Å². The van der Waals surface area contributed by atoms with Crippen molar-refractivity contribution in [1.29, 1.82) is 0 Å². The van der Waals surface area contributed by atoms with Crippen LogP contribution >= 0.6 is 0 Å². The molecule has 5 heteroatoms. The monoisotopic (exact) mass is 326 g/mol. The minimum absolute atomic E-state index is 0.0423. The number of benzene rings is 1. The van der Waals surface area contributed by atoms with Gasteiger partial charge >= 0.3 is 0 Å². The van der Waals surface area contributed by atoms with E-state index in [1.54, 1.807) is 50.7 Å². The molecule has 24 heavy (non-hydrogen) atoms. The molecule has 1 aromatic carbocycles. The third kappa shape index (κ3) is 4.84. The molecule has 0 atom stereocenters. The molecule has 1 aromatic heterocycles. The van der Waals surface area contributed by atoms with Gasteiger partial charge in [0.05, 0.1) is 14.2 Å². The molecule has 0 unspecified atom stereocenters. The Balaban J connectivity index is 1.91. The predicted molar refractivity (Wildman–Crippen MR) is 94.2 cm³/mol. The van der Waals surface area contributed by atoms with E-state index in [0.717, 1.165) is 17.5 Å². The molecule has 5 nitrogen and oxygen atoms in total. The maximum atomic E-state index is 12.1. The number of pyridine rings is 1. The number of ether oxygens (including phenoxy) is 2. The number of carbonyl (C=O) groups excluding carboxylic acids is 1. The lowest BCUT2D eigenvalue weighted by atomic mass is 10.1. The zero-order chi connectivity index (χ0) is 17.4. The Hall–Kier alpha value is -2.82. The van der Waals surface area contributed by atoms with Crippen LogP contribution in [0.5, 0.6) is 11.5 Å². The van der Waals surface area contributed by atoms with Crippen molar-refractivity contribution in [1.82, 2.24) is 9.88 Å². The van der Waals surface area contributed by atoms with Gasteiger partial charge in [-0.2, -0.15) is 0 Å². The van der Waals surface area contributed by atoms with Crippen LogP contribution < -0.4 is 9.47 Å². The second kappa shape index (κ2) is 8.72. The van der Waals surface area contributed by atoms with Gasteiger partial charge in [-0.1, -0.05) is 12.1 Å². The fourth-order valence-electron chi connectivity index (χ4n) is 2.21. The van der Waals surface area contributed by atoms with Gasteiger partial charge in [0.2, 0.25) is 5.91 Å². The Bertz CT molecular complexity index is 699. The van der Waals surface area contributed by atoms with Crippen molar-refractivity contribution in [3.63, 3.8) is 0 Å². The lowest BCUT2D eigenvalue weighted by Crippen LogP contribution is -2.27. The van der Waals surface area contributed by atoms with Crippen molar-refractivity contribution in [2.75, 3.05) is 27.8 Å². The first-order chi connectivity index (χ1) is 11.6. The molecule has 0 fully saturated rings. The van der Waals surface area contributed by atoms with Gasteiger partial charge in [-0.25, -0.2) is 0 Å². The lowest BCUT2D eigenvalue weighted by molar-refractivity contribution is -0.124. The Morgan fingerprint density at radius 1 is 1.21 bits per heavy atom. The highest BCUT2D eigenvalue weighted by Crippen LogP contribution is 2.27.